The molecule has 1 heterocycles. The highest BCUT2D eigenvalue weighted by Gasteiger charge is 2.34. The van der Waals surface area contributed by atoms with Crippen LogP contribution in [0.4, 0.5) is 0 Å². The lowest BCUT2D eigenvalue weighted by Gasteiger charge is -2.18. The molecular formula is C19H29O8P. The van der Waals surface area contributed by atoms with Crippen LogP contribution in [0.2, 0.25) is 0 Å². The van der Waals surface area contributed by atoms with Crippen molar-refractivity contribution in [3.05, 3.63) is 22.6 Å². The van der Waals surface area contributed by atoms with Crippen LogP contribution in [0.25, 0.3) is 0 Å². The molecule has 0 saturated heterocycles. The lowest BCUT2D eigenvalue weighted by Crippen LogP contribution is -2.22. The normalized spacial score (nSPS) is 11.7. The molecule has 0 unspecified atom stereocenters. The molecule has 1 aromatic heterocycles. The van der Waals surface area contributed by atoms with Gasteiger partial charge in [-0.3, -0.25) is 14.2 Å². The number of hydrogen-bond acceptors (Lipinski definition) is 8. The quantitative estimate of drug-likeness (QED) is 0.287. The Kier molecular flexibility index (Phi) is 9.27. The molecule has 0 aliphatic rings. The average Bonchev–Trinajstić information content (AvgIpc) is 2.88. The molecule has 0 amide bonds. The first-order chi connectivity index (χ1) is 13.1. The van der Waals surface area contributed by atoms with Gasteiger partial charge in [0, 0.05) is 5.56 Å². The van der Waals surface area contributed by atoms with Gasteiger partial charge in [0.05, 0.1) is 31.9 Å². The largest absolute Gasteiger partial charge is 0.460 e. The summed E-state index contributed by atoms with van der Waals surface area (Å²) in [5, 5.41) is 0. The fourth-order valence-corrected chi connectivity index (χ4v) is 4.68. The lowest BCUT2D eigenvalue weighted by molar-refractivity contribution is -0.130. The minimum Gasteiger partial charge on any atom is -0.460 e. The number of aryl methyl sites for hydroxylation is 1. The van der Waals surface area contributed by atoms with Crippen molar-refractivity contribution in [3.63, 3.8) is 0 Å². The molecule has 28 heavy (non-hydrogen) atoms. The molecule has 0 aliphatic carbocycles. The summed E-state index contributed by atoms with van der Waals surface area (Å²) in [7, 11) is -3.57. The van der Waals surface area contributed by atoms with Crippen molar-refractivity contribution in [1.29, 1.82) is 0 Å². The number of carbonyl (C=O) groups is 3. The Hall–Kier alpha value is -1.76. The molecule has 0 radical (unpaired) electrons. The number of ether oxygens (including phenoxy) is 1. The molecule has 8 nitrogen and oxygen atoms in total. The standard InChI is InChI=1S/C19H29O8P/c1-7-24-19(22)18-17(11-28(23,25-8-2)26-9-3)16(14(6)27-18)10-15(12(4)20)13(5)21/h15H,7-11H2,1-6H3. The van der Waals surface area contributed by atoms with E-state index in [1.54, 1.807) is 27.7 Å². The van der Waals surface area contributed by atoms with E-state index >= 15 is 0 Å². The number of hydrogen-bond donors (Lipinski definition) is 0. The summed E-state index contributed by atoms with van der Waals surface area (Å²) < 4.78 is 34.4. The van der Waals surface area contributed by atoms with E-state index in [1.165, 1.54) is 13.8 Å². The van der Waals surface area contributed by atoms with E-state index in [0.29, 0.717) is 11.3 Å². The summed E-state index contributed by atoms with van der Waals surface area (Å²) in [6, 6.07) is 0. The fourth-order valence-electron chi connectivity index (χ4n) is 2.91. The third kappa shape index (κ3) is 6.12. The third-order valence-electron chi connectivity index (χ3n) is 4.17. The zero-order valence-corrected chi connectivity index (χ0v) is 18.2. The molecule has 0 fully saturated rings. The van der Waals surface area contributed by atoms with Gasteiger partial charge in [0.2, 0.25) is 5.76 Å². The Morgan fingerprint density at radius 1 is 0.964 bits per heavy atom. The minimum absolute atomic E-state index is 0.0347. The summed E-state index contributed by atoms with van der Waals surface area (Å²) in [4.78, 5) is 36.2. The number of furan rings is 1. The Balaban J connectivity index is 3.50. The second-order valence-electron chi connectivity index (χ2n) is 6.25. The first-order valence-corrected chi connectivity index (χ1v) is 11.0. The van der Waals surface area contributed by atoms with E-state index in [9.17, 15) is 18.9 Å². The highest BCUT2D eigenvalue weighted by Crippen LogP contribution is 2.53. The second kappa shape index (κ2) is 10.7. The van der Waals surface area contributed by atoms with Gasteiger partial charge in [0.15, 0.2) is 0 Å². The van der Waals surface area contributed by atoms with Crippen molar-refractivity contribution < 1.29 is 37.2 Å². The summed E-state index contributed by atoms with van der Waals surface area (Å²) in [6.07, 6.45) is -0.189. The van der Waals surface area contributed by atoms with Crippen molar-refractivity contribution in [1.82, 2.24) is 0 Å². The Labute approximate surface area is 165 Å². The fraction of sp³-hybridized carbons (Fsp3) is 0.632. The van der Waals surface area contributed by atoms with Gasteiger partial charge < -0.3 is 18.2 Å². The molecule has 0 saturated carbocycles. The second-order valence-corrected chi connectivity index (χ2v) is 8.30. The van der Waals surface area contributed by atoms with Crippen LogP contribution in [0.15, 0.2) is 4.42 Å². The predicted molar refractivity (Wildman–Crippen MR) is 103 cm³/mol. The molecule has 0 atom stereocenters. The summed E-state index contributed by atoms with van der Waals surface area (Å²) in [6.45, 7) is 9.74. The third-order valence-corrected chi connectivity index (χ3v) is 6.18. The Morgan fingerprint density at radius 3 is 1.93 bits per heavy atom. The molecule has 0 N–H and O–H groups in total. The Bertz CT molecular complexity index is 740. The van der Waals surface area contributed by atoms with Gasteiger partial charge in [-0.2, -0.15) is 0 Å². The van der Waals surface area contributed by atoms with Crippen molar-refractivity contribution in [2.24, 2.45) is 5.92 Å². The number of ketones is 2. The van der Waals surface area contributed by atoms with Crippen LogP contribution in [0.5, 0.6) is 0 Å². The van der Waals surface area contributed by atoms with E-state index in [4.69, 9.17) is 18.2 Å². The van der Waals surface area contributed by atoms with Crippen molar-refractivity contribution >= 4 is 25.1 Å². The van der Waals surface area contributed by atoms with Crippen LogP contribution in [-0.4, -0.2) is 37.4 Å². The van der Waals surface area contributed by atoms with Gasteiger partial charge in [-0.1, -0.05) is 0 Å². The van der Waals surface area contributed by atoms with Gasteiger partial charge in [-0.25, -0.2) is 4.79 Å². The number of carbonyl (C=O) groups excluding carboxylic acids is 3. The molecule has 0 aliphatic heterocycles. The van der Waals surface area contributed by atoms with E-state index < -0.39 is 19.5 Å². The highest BCUT2D eigenvalue weighted by atomic mass is 31.2. The molecular weight excluding hydrogens is 387 g/mol. The van der Waals surface area contributed by atoms with Crippen LogP contribution in [-0.2, 0) is 40.5 Å². The van der Waals surface area contributed by atoms with Crippen LogP contribution >= 0.6 is 7.60 Å². The summed E-state index contributed by atoms with van der Waals surface area (Å²) in [5.74, 6) is -1.95. The van der Waals surface area contributed by atoms with Crippen LogP contribution < -0.4 is 0 Å². The molecule has 1 rings (SSSR count). The summed E-state index contributed by atoms with van der Waals surface area (Å²) >= 11 is 0. The maximum Gasteiger partial charge on any atom is 0.374 e. The highest BCUT2D eigenvalue weighted by molar-refractivity contribution is 7.53. The Morgan fingerprint density at radius 2 is 1.50 bits per heavy atom. The van der Waals surface area contributed by atoms with Crippen LogP contribution in [0.3, 0.4) is 0 Å². The van der Waals surface area contributed by atoms with E-state index in [-0.39, 0.29) is 55.3 Å². The van der Waals surface area contributed by atoms with Gasteiger partial charge in [0.25, 0.3) is 0 Å². The summed E-state index contributed by atoms with van der Waals surface area (Å²) in [5.41, 5.74) is 0.756. The van der Waals surface area contributed by atoms with Gasteiger partial charge in [-0.15, -0.1) is 0 Å². The zero-order chi connectivity index (χ0) is 21.5. The van der Waals surface area contributed by atoms with Gasteiger partial charge in [-0.05, 0) is 53.5 Å². The van der Waals surface area contributed by atoms with Gasteiger partial charge in [0.1, 0.15) is 17.3 Å². The van der Waals surface area contributed by atoms with E-state index in [2.05, 4.69) is 0 Å². The number of rotatable bonds is 12. The van der Waals surface area contributed by atoms with Crippen LogP contribution in [0.1, 0.15) is 62.1 Å². The van der Waals surface area contributed by atoms with E-state index in [1.807, 2.05) is 0 Å². The maximum atomic E-state index is 13.1. The predicted octanol–water partition coefficient (Wildman–Crippen LogP) is 3.87. The van der Waals surface area contributed by atoms with Crippen LogP contribution in [0, 0.1) is 12.8 Å². The molecule has 9 heteroatoms. The zero-order valence-electron chi connectivity index (χ0n) is 17.3. The number of esters is 1. The van der Waals surface area contributed by atoms with Crippen molar-refractivity contribution in [3.8, 4) is 0 Å². The van der Waals surface area contributed by atoms with Crippen molar-refractivity contribution in [2.45, 2.75) is 54.1 Å². The topological polar surface area (TPSA) is 109 Å². The molecule has 0 spiro atoms. The smallest absolute Gasteiger partial charge is 0.374 e. The molecule has 1 aromatic rings. The molecule has 0 bridgehead atoms. The maximum absolute atomic E-state index is 13.1. The van der Waals surface area contributed by atoms with E-state index in [0.717, 1.165) is 0 Å². The average molecular weight is 416 g/mol. The lowest BCUT2D eigenvalue weighted by atomic mass is 9.91. The minimum atomic E-state index is -3.57. The number of Topliss-reactive ketones (excluding diaryl/α,β-unsaturated/α-hetero) is 2. The SMILES string of the molecule is CCOC(=O)c1oc(C)c(CC(C(C)=O)C(C)=O)c1CP(=O)(OCC)OCC. The first-order valence-electron chi connectivity index (χ1n) is 9.27. The van der Waals surface area contributed by atoms with Gasteiger partial charge >= 0.3 is 13.6 Å². The van der Waals surface area contributed by atoms with Crippen molar-refractivity contribution in [2.75, 3.05) is 19.8 Å². The molecule has 158 valence electrons. The molecule has 0 aromatic carbocycles. The monoisotopic (exact) mass is 416 g/mol. The first kappa shape index (κ1) is 24.3.